The molecule has 0 bridgehead atoms. The van der Waals surface area contributed by atoms with Gasteiger partial charge in [0.2, 0.25) is 5.91 Å². The molecule has 1 aromatic heterocycles. The number of rotatable bonds is 7. The molecule has 0 unspecified atom stereocenters. The highest BCUT2D eigenvalue weighted by molar-refractivity contribution is 5.81. The minimum absolute atomic E-state index is 0.0464. The molecule has 2 heterocycles. The molecule has 162 valence electrons. The van der Waals surface area contributed by atoms with Crippen LogP contribution in [0.15, 0.2) is 47.5 Å². The van der Waals surface area contributed by atoms with Crippen molar-refractivity contribution in [2.75, 3.05) is 20.8 Å². The van der Waals surface area contributed by atoms with Crippen LogP contribution < -0.4 is 25.1 Å². The minimum Gasteiger partial charge on any atom is -0.493 e. The summed E-state index contributed by atoms with van der Waals surface area (Å²) in [5.74, 6) is 1.77. The molecule has 1 N–H and O–H groups in total. The van der Waals surface area contributed by atoms with Crippen LogP contribution >= 0.6 is 0 Å². The molecular weight excluding hydrogens is 398 g/mol. The van der Waals surface area contributed by atoms with Crippen LogP contribution in [0.1, 0.15) is 30.9 Å². The lowest BCUT2D eigenvalue weighted by atomic mass is 10.0. The zero-order valence-corrected chi connectivity index (χ0v) is 17.6. The Bertz CT molecular complexity index is 1160. The molecule has 31 heavy (non-hydrogen) atoms. The zero-order chi connectivity index (χ0) is 21.8. The molecule has 4 rings (SSSR count). The number of carbonyl (C=O) groups is 1. The lowest BCUT2D eigenvalue weighted by Gasteiger charge is -2.26. The molecule has 8 nitrogen and oxygen atoms in total. The van der Waals surface area contributed by atoms with Crippen LogP contribution in [0.5, 0.6) is 17.2 Å². The number of ether oxygens (including phenoxy) is 3. The first kappa shape index (κ1) is 20.7. The van der Waals surface area contributed by atoms with E-state index in [0.717, 1.165) is 17.7 Å². The number of carbonyl (C=O) groups excluding carboxylic acids is 1. The summed E-state index contributed by atoms with van der Waals surface area (Å²) in [6.45, 7) is 0.974. The number of para-hydroxylation sites is 1. The summed E-state index contributed by atoms with van der Waals surface area (Å²) in [6.07, 6.45) is 3.08. The molecule has 1 atom stereocenters. The standard InChI is InChI=1S/C23H25N3O5/c1-29-20-12-16-18(13-21(20)30-2)24-14-26(23(16)28)10-5-8-22(27)25-17-9-11-31-19-7-4-3-6-15(17)19/h3-4,6-7,12-14,17H,5,8-11H2,1-2H3,(H,25,27)/t17-/m0/s1. The molecule has 0 saturated heterocycles. The van der Waals surface area contributed by atoms with E-state index in [2.05, 4.69) is 10.3 Å². The molecule has 8 heteroatoms. The van der Waals surface area contributed by atoms with Crippen molar-refractivity contribution in [3.05, 3.63) is 58.6 Å². The van der Waals surface area contributed by atoms with Gasteiger partial charge in [0.15, 0.2) is 11.5 Å². The number of nitrogens with zero attached hydrogens (tertiary/aromatic N) is 2. The highest BCUT2D eigenvalue weighted by Gasteiger charge is 2.22. The number of benzene rings is 2. The van der Waals surface area contributed by atoms with Crippen LogP contribution in [0.3, 0.4) is 0 Å². The first-order valence-electron chi connectivity index (χ1n) is 10.2. The summed E-state index contributed by atoms with van der Waals surface area (Å²) in [6, 6.07) is 11.0. The van der Waals surface area contributed by atoms with Crippen molar-refractivity contribution in [3.8, 4) is 17.2 Å². The molecule has 2 aromatic carbocycles. The summed E-state index contributed by atoms with van der Waals surface area (Å²) in [5, 5.41) is 3.53. The van der Waals surface area contributed by atoms with Gasteiger partial charge in [0.05, 0.1) is 44.1 Å². The van der Waals surface area contributed by atoms with Crippen LogP contribution in [0.25, 0.3) is 10.9 Å². The van der Waals surface area contributed by atoms with Crippen molar-refractivity contribution in [1.82, 2.24) is 14.9 Å². The van der Waals surface area contributed by atoms with Crippen LogP contribution in [0.4, 0.5) is 0 Å². The van der Waals surface area contributed by atoms with E-state index in [1.165, 1.54) is 25.1 Å². The second-order valence-corrected chi connectivity index (χ2v) is 7.37. The monoisotopic (exact) mass is 423 g/mol. The van der Waals surface area contributed by atoms with E-state index in [-0.39, 0.29) is 17.5 Å². The SMILES string of the molecule is COc1cc2ncn(CCCC(=O)N[C@H]3CCOc4ccccc43)c(=O)c2cc1OC. The first-order valence-corrected chi connectivity index (χ1v) is 10.2. The van der Waals surface area contributed by atoms with Crippen molar-refractivity contribution in [2.45, 2.75) is 31.8 Å². The van der Waals surface area contributed by atoms with Gasteiger partial charge in [-0.1, -0.05) is 18.2 Å². The predicted molar refractivity (Wildman–Crippen MR) is 116 cm³/mol. The highest BCUT2D eigenvalue weighted by atomic mass is 16.5. The number of nitrogens with one attached hydrogen (secondary N) is 1. The third-order valence-corrected chi connectivity index (χ3v) is 5.43. The maximum absolute atomic E-state index is 12.8. The maximum Gasteiger partial charge on any atom is 0.261 e. The number of hydrogen-bond acceptors (Lipinski definition) is 6. The lowest BCUT2D eigenvalue weighted by Crippen LogP contribution is -2.32. The van der Waals surface area contributed by atoms with Gasteiger partial charge in [-0.3, -0.25) is 14.2 Å². The molecule has 0 aliphatic carbocycles. The number of aryl methyl sites for hydroxylation is 1. The molecule has 0 fully saturated rings. The van der Waals surface area contributed by atoms with Crippen molar-refractivity contribution in [3.63, 3.8) is 0 Å². The summed E-state index contributed by atoms with van der Waals surface area (Å²) < 4.78 is 17.7. The molecule has 1 amide bonds. The Morgan fingerprint density at radius 1 is 1.23 bits per heavy atom. The van der Waals surface area contributed by atoms with Gasteiger partial charge in [0.1, 0.15) is 5.75 Å². The van der Waals surface area contributed by atoms with E-state index in [4.69, 9.17) is 14.2 Å². The Labute approximate surface area is 179 Å². The summed E-state index contributed by atoms with van der Waals surface area (Å²) >= 11 is 0. The molecular formula is C23H25N3O5. The number of methoxy groups -OCH3 is 2. The highest BCUT2D eigenvalue weighted by Crippen LogP contribution is 2.32. The number of amides is 1. The van der Waals surface area contributed by atoms with Gasteiger partial charge in [0.25, 0.3) is 5.56 Å². The number of aromatic nitrogens is 2. The Morgan fingerprint density at radius 2 is 2.00 bits per heavy atom. The minimum atomic E-state index is -0.176. The number of hydrogen-bond donors (Lipinski definition) is 1. The second kappa shape index (κ2) is 9.07. The normalized spacial score (nSPS) is 15.1. The zero-order valence-electron chi connectivity index (χ0n) is 17.6. The third-order valence-electron chi connectivity index (χ3n) is 5.43. The molecule has 1 aliphatic heterocycles. The molecule has 3 aromatic rings. The third kappa shape index (κ3) is 4.33. The smallest absolute Gasteiger partial charge is 0.261 e. The van der Waals surface area contributed by atoms with Gasteiger partial charge < -0.3 is 19.5 Å². The summed E-state index contributed by atoms with van der Waals surface area (Å²) in [7, 11) is 3.06. The van der Waals surface area contributed by atoms with E-state index >= 15 is 0 Å². The van der Waals surface area contributed by atoms with Crippen molar-refractivity contribution in [1.29, 1.82) is 0 Å². The Morgan fingerprint density at radius 3 is 2.81 bits per heavy atom. The Balaban J connectivity index is 1.40. The fourth-order valence-electron chi connectivity index (χ4n) is 3.81. The van der Waals surface area contributed by atoms with Crippen LogP contribution in [-0.4, -0.2) is 36.3 Å². The van der Waals surface area contributed by atoms with E-state index in [1.54, 1.807) is 12.1 Å². The van der Waals surface area contributed by atoms with Gasteiger partial charge >= 0.3 is 0 Å². The van der Waals surface area contributed by atoms with Gasteiger partial charge in [-0.25, -0.2) is 4.98 Å². The summed E-state index contributed by atoms with van der Waals surface area (Å²) in [5.41, 5.74) is 1.36. The van der Waals surface area contributed by atoms with E-state index in [9.17, 15) is 9.59 Å². The Kier molecular flexibility index (Phi) is 6.06. The molecule has 0 saturated carbocycles. The Hall–Kier alpha value is -3.55. The second-order valence-electron chi connectivity index (χ2n) is 7.37. The van der Waals surface area contributed by atoms with Crippen molar-refractivity contribution >= 4 is 16.8 Å². The van der Waals surface area contributed by atoms with Crippen molar-refractivity contribution in [2.24, 2.45) is 0 Å². The van der Waals surface area contributed by atoms with Crippen LogP contribution in [0, 0.1) is 0 Å². The quantitative estimate of drug-likeness (QED) is 0.628. The number of fused-ring (bicyclic) bond motifs is 2. The molecule has 1 aliphatic rings. The van der Waals surface area contributed by atoms with Gasteiger partial charge in [0, 0.05) is 31.0 Å². The van der Waals surface area contributed by atoms with Crippen LogP contribution in [0.2, 0.25) is 0 Å². The largest absolute Gasteiger partial charge is 0.493 e. The summed E-state index contributed by atoms with van der Waals surface area (Å²) in [4.78, 5) is 29.7. The van der Waals surface area contributed by atoms with E-state index in [0.29, 0.717) is 48.4 Å². The van der Waals surface area contributed by atoms with Crippen LogP contribution in [-0.2, 0) is 11.3 Å². The predicted octanol–water partition coefficient (Wildman–Crippen LogP) is 2.83. The average Bonchev–Trinajstić information content (AvgIpc) is 2.80. The van der Waals surface area contributed by atoms with Crippen molar-refractivity contribution < 1.29 is 19.0 Å². The molecule has 0 radical (unpaired) electrons. The van der Waals surface area contributed by atoms with E-state index < -0.39 is 0 Å². The maximum atomic E-state index is 12.8. The fraction of sp³-hybridized carbons (Fsp3) is 0.348. The average molecular weight is 423 g/mol. The first-order chi connectivity index (χ1) is 15.1. The van der Waals surface area contributed by atoms with E-state index in [1.807, 2.05) is 24.3 Å². The van der Waals surface area contributed by atoms with Gasteiger partial charge in [-0.05, 0) is 18.6 Å². The van der Waals surface area contributed by atoms with Gasteiger partial charge in [-0.2, -0.15) is 0 Å². The van der Waals surface area contributed by atoms with Gasteiger partial charge in [-0.15, -0.1) is 0 Å². The topological polar surface area (TPSA) is 91.7 Å². The molecule has 0 spiro atoms. The fourth-order valence-corrected chi connectivity index (χ4v) is 3.81. The lowest BCUT2D eigenvalue weighted by molar-refractivity contribution is -0.122.